The van der Waals surface area contributed by atoms with Crippen LogP contribution in [-0.2, 0) is 14.3 Å². The second-order valence-corrected chi connectivity index (χ2v) is 7.28. The van der Waals surface area contributed by atoms with Gasteiger partial charge in [0.25, 0.3) is 11.8 Å². The number of barbiturate groups is 1. The molecular weight excluding hydrogens is 424 g/mol. The van der Waals surface area contributed by atoms with Gasteiger partial charge in [0, 0.05) is 10.6 Å². The number of carbonyl (C=O) groups is 4. The van der Waals surface area contributed by atoms with Crippen LogP contribution >= 0.6 is 11.6 Å². The van der Waals surface area contributed by atoms with Gasteiger partial charge in [-0.3, -0.25) is 14.9 Å². The first-order valence-corrected chi connectivity index (χ1v) is 9.65. The van der Waals surface area contributed by atoms with Crippen molar-refractivity contribution in [2.75, 3.05) is 12.0 Å². The third-order valence-corrected chi connectivity index (χ3v) is 4.52. The Morgan fingerprint density at radius 2 is 1.77 bits per heavy atom. The molecule has 1 aliphatic rings. The van der Waals surface area contributed by atoms with E-state index in [4.69, 9.17) is 16.3 Å². The van der Waals surface area contributed by atoms with Crippen molar-refractivity contribution >= 4 is 47.2 Å². The number of nitrogens with zero attached hydrogens (tertiary/aromatic N) is 1. The SMILES string of the molecule is COC(=O)c1ccc(N2C(=O)NC(=O)/C(=C\c3cc(Cl)ccc3OC(C)C)C2=O)cc1. The van der Waals surface area contributed by atoms with Crippen LogP contribution in [0.15, 0.2) is 48.0 Å². The maximum atomic E-state index is 13.1. The average molecular weight is 443 g/mol. The molecule has 0 spiro atoms. The molecule has 1 heterocycles. The maximum absolute atomic E-state index is 13.1. The number of carbonyl (C=O) groups excluding carboxylic acids is 4. The third-order valence-electron chi connectivity index (χ3n) is 4.28. The minimum Gasteiger partial charge on any atom is -0.490 e. The lowest BCUT2D eigenvalue weighted by molar-refractivity contribution is -0.122. The highest BCUT2D eigenvalue weighted by Gasteiger charge is 2.37. The van der Waals surface area contributed by atoms with E-state index in [9.17, 15) is 19.2 Å². The Kier molecular flexibility index (Phi) is 6.41. The van der Waals surface area contributed by atoms with Crippen LogP contribution in [-0.4, -0.2) is 37.0 Å². The highest BCUT2D eigenvalue weighted by molar-refractivity contribution is 6.39. The lowest BCUT2D eigenvalue weighted by Crippen LogP contribution is -2.54. The predicted octanol–water partition coefficient (Wildman–Crippen LogP) is 3.58. The second kappa shape index (κ2) is 9.01. The van der Waals surface area contributed by atoms with E-state index in [-0.39, 0.29) is 22.9 Å². The Morgan fingerprint density at radius 1 is 1.10 bits per heavy atom. The van der Waals surface area contributed by atoms with Crippen LogP contribution in [0.3, 0.4) is 0 Å². The molecule has 0 aliphatic carbocycles. The number of methoxy groups -OCH3 is 1. The summed E-state index contributed by atoms with van der Waals surface area (Å²) in [6, 6.07) is 9.55. The number of halogens is 1. The lowest BCUT2D eigenvalue weighted by Gasteiger charge is -2.26. The van der Waals surface area contributed by atoms with E-state index in [1.807, 2.05) is 13.8 Å². The van der Waals surface area contributed by atoms with Crippen molar-refractivity contribution in [1.82, 2.24) is 5.32 Å². The highest BCUT2D eigenvalue weighted by Crippen LogP contribution is 2.28. The summed E-state index contributed by atoms with van der Waals surface area (Å²) in [5.74, 6) is -1.79. The molecule has 1 fully saturated rings. The molecule has 31 heavy (non-hydrogen) atoms. The molecule has 2 aromatic carbocycles. The molecule has 8 nitrogen and oxygen atoms in total. The summed E-state index contributed by atoms with van der Waals surface area (Å²) in [5.41, 5.74) is 0.568. The molecule has 4 amide bonds. The fraction of sp³-hybridized carbons (Fsp3) is 0.182. The molecule has 0 aromatic heterocycles. The largest absolute Gasteiger partial charge is 0.490 e. The lowest BCUT2D eigenvalue weighted by atomic mass is 10.1. The summed E-state index contributed by atoms with van der Waals surface area (Å²) in [6.45, 7) is 3.67. The van der Waals surface area contributed by atoms with Crippen LogP contribution in [0.1, 0.15) is 29.8 Å². The van der Waals surface area contributed by atoms with Gasteiger partial charge in [0.05, 0.1) is 24.5 Å². The number of anilines is 1. The Hall–Kier alpha value is -3.65. The van der Waals surface area contributed by atoms with Gasteiger partial charge in [0.2, 0.25) is 0 Å². The Labute approximate surface area is 183 Å². The number of urea groups is 1. The molecule has 160 valence electrons. The molecule has 2 aromatic rings. The van der Waals surface area contributed by atoms with Crippen molar-refractivity contribution in [2.45, 2.75) is 20.0 Å². The van der Waals surface area contributed by atoms with E-state index in [0.717, 1.165) is 4.90 Å². The molecule has 0 atom stereocenters. The minimum atomic E-state index is -0.900. The molecule has 9 heteroatoms. The summed E-state index contributed by atoms with van der Waals surface area (Å²) in [5, 5.41) is 2.53. The van der Waals surface area contributed by atoms with Crippen LogP contribution in [0, 0.1) is 0 Å². The van der Waals surface area contributed by atoms with Gasteiger partial charge in [0.15, 0.2) is 0 Å². The number of hydrogen-bond donors (Lipinski definition) is 1. The van der Waals surface area contributed by atoms with E-state index in [1.165, 1.54) is 37.5 Å². The molecule has 1 N–H and O–H groups in total. The van der Waals surface area contributed by atoms with Crippen molar-refractivity contribution < 1.29 is 28.7 Å². The fourth-order valence-corrected chi connectivity index (χ4v) is 3.09. The topological polar surface area (TPSA) is 102 Å². The van der Waals surface area contributed by atoms with E-state index >= 15 is 0 Å². The van der Waals surface area contributed by atoms with Gasteiger partial charge in [-0.15, -0.1) is 0 Å². The van der Waals surface area contributed by atoms with Gasteiger partial charge in [-0.05, 0) is 62.4 Å². The Morgan fingerprint density at radius 3 is 2.39 bits per heavy atom. The van der Waals surface area contributed by atoms with E-state index in [1.54, 1.807) is 18.2 Å². The normalized spacial score (nSPS) is 15.3. The first-order valence-electron chi connectivity index (χ1n) is 9.27. The van der Waals surface area contributed by atoms with E-state index in [0.29, 0.717) is 16.3 Å². The van der Waals surface area contributed by atoms with Crippen LogP contribution < -0.4 is 15.0 Å². The van der Waals surface area contributed by atoms with Crippen molar-refractivity contribution in [3.8, 4) is 5.75 Å². The molecular formula is C22H19ClN2O6. The zero-order chi connectivity index (χ0) is 22.7. The van der Waals surface area contributed by atoms with Gasteiger partial charge in [-0.1, -0.05) is 11.6 Å². The monoisotopic (exact) mass is 442 g/mol. The smallest absolute Gasteiger partial charge is 0.337 e. The Balaban J connectivity index is 2.00. The first kappa shape index (κ1) is 22.0. The highest BCUT2D eigenvalue weighted by atomic mass is 35.5. The Bertz CT molecular complexity index is 1090. The summed E-state index contributed by atoms with van der Waals surface area (Å²) in [7, 11) is 1.24. The van der Waals surface area contributed by atoms with Gasteiger partial charge in [0.1, 0.15) is 11.3 Å². The first-order chi connectivity index (χ1) is 14.7. The molecule has 0 saturated carbocycles. The quantitative estimate of drug-likeness (QED) is 0.431. The van der Waals surface area contributed by atoms with Gasteiger partial charge in [-0.25, -0.2) is 14.5 Å². The summed E-state index contributed by atoms with van der Waals surface area (Å²) in [6.07, 6.45) is 1.17. The summed E-state index contributed by atoms with van der Waals surface area (Å²) >= 11 is 6.07. The molecule has 3 rings (SSSR count). The molecule has 0 unspecified atom stereocenters. The maximum Gasteiger partial charge on any atom is 0.337 e. The second-order valence-electron chi connectivity index (χ2n) is 6.85. The summed E-state index contributed by atoms with van der Waals surface area (Å²) < 4.78 is 10.4. The number of rotatable bonds is 5. The third kappa shape index (κ3) is 4.75. The van der Waals surface area contributed by atoms with Crippen molar-refractivity contribution in [3.05, 3.63) is 64.2 Å². The van der Waals surface area contributed by atoms with Gasteiger partial charge < -0.3 is 9.47 Å². The van der Waals surface area contributed by atoms with Crippen molar-refractivity contribution in [1.29, 1.82) is 0 Å². The minimum absolute atomic E-state index is 0.152. The average Bonchev–Trinajstić information content (AvgIpc) is 2.72. The standard InChI is InChI=1S/C22H19ClN2O6/c1-12(2)31-18-9-6-15(23)10-14(18)11-17-19(26)24-22(29)25(20(17)27)16-7-4-13(5-8-16)21(28)30-3/h4-12H,1-3H3,(H,24,26,29)/b17-11+. The number of amides is 4. The van der Waals surface area contributed by atoms with E-state index in [2.05, 4.69) is 10.1 Å². The molecule has 0 bridgehead atoms. The van der Waals surface area contributed by atoms with Gasteiger partial charge in [-0.2, -0.15) is 0 Å². The number of esters is 1. The van der Waals surface area contributed by atoms with Crippen LogP contribution in [0.2, 0.25) is 5.02 Å². The van der Waals surface area contributed by atoms with Crippen molar-refractivity contribution in [3.63, 3.8) is 0 Å². The number of benzene rings is 2. The van der Waals surface area contributed by atoms with Crippen LogP contribution in [0.5, 0.6) is 5.75 Å². The van der Waals surface area contributed by atoms with Crippen LogP contribution in [0.25, 0.3) is 6.08 Å². The zero-order valence-electron chi connectivity index (χ0n) is 17.0. The van der Waals surface area contributed by atoms with Crippen LogP contribution in [0.4, 0.5) is 10.5 Å². The van der Waals surface area contributed by atoms with E-state index < -0.39 is 23.8 Å². The summed E-state index contributed by atoms with van der Waals surface area (Å²) in [4.78, 5) is 50.2. The number of imide groups is 2. The molecule has 1 aliphatic heterocycles. The number of hydrogen-bond acceptors (Lipinski definition) is 6. The molecule has 0 radical (unpaired) electrons. The fourth-order valence-electron chi connectivity index (χ4n) is 2.91. The van der Waals surface area contributed by atoms with Crippen molar-refractivity contribution in [2.24, 2.45) is 0 Å². The molecule has 1 saturated heterocycles. The number of ether oxygens (including phenoxy) is 2. The zero-order valence-corrected chi connectivity index (χ0v) is 17.7. The predicted molar refractivity (Wildman–Crippen MR) is 114 cm³/mol. The number of nitrogens with one attached hydrogen (secondary N) is 1. The van der Waals surface area contributed by atoms with Gasteiger partial charge >= 0.3 is 12.0 Å².